The summed E-state index contributed by atoms with van der Waals surface area (Å²) in [5, 5.41) is 11.3. The molecule has 6 heteroatoms. The predicted octanol–water partition coefficient (Wildman–Crippen LogP) is 5.14. The molecule has 0 aromatic heterocycles. The molecule has 0 N–H and O–H groups in total. The van der Waals surface area contributed by atoms with Gasteiger partial charge in [0.25, 0.3) is 5.69 Å². The Kier molecular flexibility index (Phi) is 5.36. The van der Waals surface area contributed by atoms with Gasteiger partial charge in [-0.15, -0.1) is 0 Å². The van der Waals surface area contributed by atoms with Crippen molar-refractivity contribution in [1.82, 2.24) is 0 Å². The standard InChI is InChI=1S/C15H13Br2NO3/c1-10-6-13(17)7-12(8-16)15(10)21-9-11-2-4-14(5-3-11)18(19)20/h2-7H,8-9H2,1H3. The van der Waals surface area contributed by atoms with Crippen molar-refractivity contribution in [2.45, 2.75) is 18.9 Å². The third kappa shape index (κ3) is 4.04. The minimum atomic E-state index is -0.410. The topological polar surface area (TPSA) is 52.4 Å². The van der Waals surface area contributed by atoms with Gasteiger partial charge in [-0.1, -0.05) is 31.9 Å². The lowest BCUT2D eigenvalue weighted by molar-refractivity contribution is -0.384. The van der Waals surface area contributed by atoms with Crippen LogP contribution in [0.1, 0.15) is 16.7 Å². The molecule has 2 aromatic rings. The molecule has 0 amide bonds. The summed E-state index contributed by atoms with van der Waals surface area (Å²) < 4.78 is 6.89. The minimum Gasteiger partial charge on any atom is -0.488 e. The molecule has 0 aliphatic carbocycles. The average Bonchev–Trinajstić information content (AvgIpc) is 2.46. The number of hydrogen-bond acceptors (Lipinski definition) is 3. The van der Waals surface area contributed by atoms with E-state index < -0.39 is 4.92 Å². The molecule has 0 radical (unpaired) electrons. The Morgan fingerprint density at radius 3 is 2.48 bits per heavy atom. The Labute approximate surface area is 139 Å². The second-order valence-corrected chi connectivity index (χ2v) is 6.03. The summed E-state index contributed by atoms with van der Waals surface area (Å²) in [6, 6.07) is 10.4. The van der Waals surface area contributed by atoms with Gasteiger partial charge in [-0.2, -0.15) is 0 Å². The van der Waals surface area contributed by atoms with E-state index >= 15 is 0 Å². The van der Waals surface area contributed by atoms with Gasteiger partial charge in [0.15, 0.2) is 0 Å². The Morgan fingerprint density at radius 1 is 1.24 bits per heavy atom. The molecular weight excluding hydrogens is 402 g/mol. The summed E-state index contributed by atoms with van der Waals surface area (Å²) in [5.41, 5.74) is 3.08. The number of hydrogen-bond donors (Lipinski definition) is 0. The summed E-state index contributed by atoms with van der Waals surface area (Å²) in [6.07, 6.45) is 0. The number of ether oxygens (including phenoxy) is 1. The maximum atomic E-state index is 10.6. The van der Waals surface area contributed by atoms with Crippen LogP contribution >= 0.6 is 31.9 Å². The minimum absolute atomic E-state index is 0.0831. The number of nitrogens with zero attached hydrogens (tertiary/aromatic N) is 1. The van der Waals surface area contributed by atoms with E-state index in [2.05, 4.69) is 31.9 Å². The monoisotopic (exact) mass is 413 g/mol. The summed E-state index contributed by atoms with van der Waals surface area (Å²) in [4.78, 5) is 10.2. The first kappa shape index (κ1) is 16.0. The molecule has 0 aliphatic rings. The molecule has 0 spiro atoms. The lowest BCUT2D eigenvalue weighted by Gasteiger charge is -2.13. The molecule has 0 atom stereocenters. The zero-order valence-electron chi connectivity index (χ0n) is 11.3. The molecule has 4 nitrogen and oxygen atoms in total. The van der Waals surface area contributed by atoms with Crippen molar-refractivity contribution in [3.63, 3.8) is 0 Å². The number of nitro groups is 1. The van der Waals surface area contributed by atoms with E-state index in [4.69, 9.17) is 4.74 Å². The SMILES string of the molecule is Cc1cc(Br)cc(CBr)c1OCc1ccc([N+](=O)[O-])cc1. The number of nitro benzene ring substituents is 1. The van der Waals surface area contributed by atoms with Crippen molar-refractivity contribution in [2.75, 3.05) is 0 Å². The number of benzene rings is 2. The van der Waals surface area contributed by atoms with E-state index in [0.717, 1.165) is 26.9 Å². The quantitative estimate of drug-likeness (QED) is 0.386. The van der Waals surface area contributed by atoms with Crippen molar-refractivity contribution in [3.05, 3.63) is 67.7 Å². The number of halogens is 2. The van der Waals surface area contributed by atoms with Gasteiger partial charge in [-0.05, 0) is 42.3 Å². The highest BCUT2D eigenvalue weighted by atomic mass is 79.9. The van der Waals surface area contributed by atoms with E-state index in [0.29, 0.717) is 11.9 Å². The van der Waals surface area contributed by atoms with Gasteiger partial charge in [0, 0.05) is 27.5 Å². The van der Waals surface area contributed by atoms with Crippen molar-refractivity contribution in [3.8, 4) is 5.75 Å². The van der Waals surface area contributed by atoms with Crippen LogP contribution in [0.3, 0.4) is 0 Å². The molecule has 0 saturated carbocycles. The van der Waals surface area contributed by atoms with Crippen LogP contribution in [0.2, 0.25) is 0 Å². The Bertz CT molecular complexity index is 657. The highest BCUT2D eigenvalue weighted by Crippen LogP contribution is 2.30. The van der Waals surface area contributed by atoms with Crippen molar-refractivity contribution >= 4 is 37.5 Å². The highest BCUT2D eigenvalue weighted by Gasteiger charge is 2.09. The van der Waals surface area contributed by atoms with Crippen molar-refractivity contribution in [2.24, 2.45) is 0 Å². The van der Waals surface area contributed by atoms with Crippen LogP contribution < -0.4 is 4.74 Å². The maximum Gasteiger partial charge on any atom is 0.269 e. The van der Waals surface area contributed by atoms with Gasteiger partial charge in [-0.25, -0.2) is 0 Å². The maximum absolute atomic E-state index is 10.6. The Morgan fingerprint density at radius 2 is 1.90 bits per heavy atom. The second-order valence-electron chi connectivity index (χ2n) is 4.56. The molecule has 0 heterocycles. The zero-order chi connectivity index (χ0) is 15.4. The predicted molar refractivity (Wildman–Crippen MR) is 88.9 cm³/mol. The molecule has 0 aliphatic heterocycles. The molecule has 0 saturated heterocycles. The lowest BCUT2D eigenvalue weighted by atomic mass is 10.1. The Balaban J connectivity index is 2.14. The number of aryl methyl sites for hydroxylation is 1. The van der Waals surface area contributed by atoms with Crippen LogP contribution in [0.5, 0.6) is 5.75 Å². The van der Waals surface area contributed by atoms with E-state index in [9.17, 15) is 10.1 Å². The molecule has 110 valence electrons. The fourth-order valence-corrected chi connectivity index (χ4v) is 3.01. The van der Waals surface area contributed by atoms with Crippen LogP contribution in [-0.4, -0.2) is 4.92 Å². The molecule has 0 bridgehead atoms. The van der Waals surface area contributed by atoms with Gasteiger partial charge < -0.3 is 4.74 Å². The van der Waals surface area contributed by atoms with Crippen LogP contribution in [0.25, 0.3) is 0 Å². The first-order valence-electron chi connectivity index (χ1n) is 6.22. The molecule has 2 aromatic carbocycles. The molecule has 2 rings (SSSR count). The van der Waals surface area contributed by atoms with Crippen LogP contribution in [-0.2, 0) is 11.9 Å². The summed E-state index contributed by atoms with van der Waals surface area (Å²) in [5.74, 6) is 0.841. The van der Waals surface area contributed by atoms with E-state index in [1.54, 1.807) is 12.1 Å². The molecule has 0 unspecified atom stereocenters. The molecule has 0 fully saturated rings. The smallest absolute Gasteiger partial charge is 0.269 e. The first-order valence-corrected chi connectivity index (χ1v) is 8.14. The van der Waals surface area contributed by atoms with Gasteiger partial charge in [0.1, 0.15) is 12.4 Å². The van der Waals surface area contributed by atoms with Crippen LogP contribution in [0.4, 0.5) is 5.69 Å². The largest absolute Gasteiger partial charge is 0.488 e. The van der Waals surface area contributed by atoms with Gasteiger partial charge in [-0.3, -0.25) is 10.1 Å². The normalized spacial score (nSPS) is 10.4. The lowest BCUT2D eigenvalue weighted by Crippen LogP contribution is -2.00. The van der Waals surface area contributed by atoms with E-state index in [1.807, 2.05) is 19.1 Å². The van der Waals surface area contributed by atoms with Crippen molar-refractivity contribution < 1.29 is 9.66 Å². The highest BCUT2D eigenvalue weighted by molar-refractivity contribution is 9.10. The third-order valence-corrected chi connectivity index (χ3v) is 4.05. The van der Waals surface area contributed by atoms with Crippen molar-refractivity contribution in [1.29, 1.82) is 0 Å². The fourth-order valence-electron chi connectivity index (χ4n) is 1.97. The number of rotatable bonds is 5. The van der Waals surface area contributed by atoms with E-state index in [-0.39, 0.29) is 5.69 Å². The summed E-state index contributed by atoms with van der Waals surface area (Å²) >= 11 is 6.92. The van der Waals surface area contributed by atoms with Gasteiger partial charge >= 0.3 is 0 Å². The van der Waals surface area contributed by atoms with Gasteiger partial charge in [0.05, 0.1) is 4.92 Å². The first-order chi connectivity index (χ1) is 10.0. The van der Waals surface area contributed by atoms with E-state index in [1.165, 1.54) is 12.1 Å². The molecule has 21 heavy (non-hydrogen) atoms. The fraction of sp³-hybridized carbons (Fsp3) is 0.200. The van der Waals surface area contributed by atoms with Gasteiger partial charge in [0.2, 0.25) is 0 Å². The zero-order valence-corrected chi connectivity index (χ0v) is 14.5. The summed E-state index contributed by atoms with van der Waals surface area (Å²) in [7, 11) is 0. The van der Waals surface area contributed by atoms with Crippen LogP contribution in [0.15, 0.2) is 40.9 Å². The Hall–Kier alpha value is -1.40. The second kappa shape index (κ2) is 7.04. The summed E-state index contributed by atoms with van der Waals surface area (Å²) in [6.45, 7) is 2.36. The van der Waals surface area contributed by atoms with Crippen LogP contribution in [0, 0.1) is 17.0 Å². The average molecular weight is 415 g/mol. The third-order valence-electron chi connectivity index (χ3n) is 2.99. The molecular formula is C15H13Br2NO3. The number of alkyl halides is 1. The number of non-ortho nitro benzene ring substituents is 1.